The van der Waals surface area contributed by atoms with Crippen LogP contribution in [0.5, 0.6) is 0 Å². The van der Waals surface area contributed by atoms with Gasteiger partial charge in [0.05, 0.1) is 6.57 Å². The molecule has 0 saturated heterocycles. The predicted octanol–water partition coefficient (Wildman–Crippen LogP) is 3.73. The third kappa shape index (κ3) is 1.96. The Morgan fingerprint density at radius 3 is 2.83 bits per heavy atom. The quantitative estimate of drug-likeness (QED) is 0.637. The summed E-state index contributed by atoms with van der Waals surface area (Å²) in [5.74, 6) is 0. The normalized spacial score (nSPS) is 10.9. The lowest BCUT2D eigenvalue weighted by molar-refractivity contribution is 1.56. The average Bonchev–Trinajstić information content (AvgIpc) is 2.07. The van der Waals surface area contributed by atoms with Crippen molar-refractivity contribution in [3.05, 3.63) is 51.8 Å². The summed E-state index contributed by atoms with van der Waals surface area (Å²) < 4.78 is 1.00. The van der Waals surface area contributed by atoms with Crippen LogP contribution in [0.1, 0.15) is 12.5 Å². The zero-order chi connectivity index (χ0) is 8.97. The zero-order valence-electron chi connectivity index (χ0n) is 6.71. The molecule has 0 amide bonds. The summed E-state index contributed by atoms with van der Waals surface area (Å²) in [5.41, 5.74) is 1.65. The molecule has 0 fully saturated rings. The van der Waals surface area contributed by atoms with Gasteiger partial charge in [0.1, 0.15) is 0 Å². The average molecular weight is 222 g/mol. The maximum Gasteiger partial charge on any atom is 0.190 e. The van der Waals surface area contributed by atoms with Crippen molar-refractivity contribution in [3.8, 4) is 0 Å². The maximum atomic E-state index is 6.91. The summed E-state index contributed by atoms with van der Waals surface area (Å²) in [7, 11) is 0. The number of hydrogen-bond donors (Lipinski definition) is 0. The lowest BCUT2D eigenvalue weighted by Crippen LogP contribution is -1.77. The minimum Gasteiger partial charge on any atom is -0.238 e. The van der Waals surface area contributed by atoms with E-state index in [9.17, 15) is 0 Å². The second-order valence-corrected chi connectivity index (χ2v) is 3.21. The van der Waals surface area contributed by atoms with Crippen LogP contribution in [0.3, 0.4) is 0 Å². The van der Waals surface area contributed by atoms with Gasteiger partial charge in [0, 0.05) is 4.47 Å². The van der Waals surface area contributed by atoms with Crippen LogP contribution in [0.2, 0.25) is 0 Å². The van der Waals surface area contributed by atoms with E-state index in [4.69, 9.17) is 6.57 Å². The van der Waals surface area contributed by atoms with Crippen molar-refractivity contribution in [1.29, 1.82) is 0 Å². The minimum atomic E-state index is 0.691. The van der Waals surface area contributed by atoms with Crippen LogP contribution < -0.4 is 0 Å². The molecule has 0 saturated carbocycles. The first-order chi connectivity index (χ1) is 5.77. The summed E-state index contributed by atoms with van der Waals surface area (Å²) in [4.78, 5) is 3.41. The fraction of sp³-hybridized carbons (Fsp3) is 0.100. The monoisotopic (exact) mass is 221 g/mol. The molecule has 0 bridgehead atoms. The highest BCUT2D eigenvalue weighted by atomic mass is 79.9. The molecule has 1 rings (SSSR count). The molecule has 60 valence electrons. The standard InChI is InChI=1S/C10H8BrN/c1-3-10(12-2)8-5-4-6-9(11)7-8/h3-7H,1H3/b10-3+. The molecular formula is C10H8BrN. The maximum absolute atomic E-state index is 6.91. The minimum absolute atomic E-state index is 0.691. The topological polar surface area (TPSA) is 4.36 Å². The molecule has 1 aromatic rings. The number of rotatable bonds is 1. The van der Waals surface area contributed by atoms with Crippen LogP contribution in [-0.4, -0.2) is 0 Å². The first-order valence-corrected chi connectivity index (χ1v) is 4.37. The van der Waals surface area contributed by atoms with E-state index in [2.05, 4.69) is 20.8 Å². The Balaban J connectivity index is 3.13. The van der Waals surface area contributed by atoms with Gasteiger partial charge in [-0.2, -0.15) is 0 Å². The fourth-order valence-corrected chi connectivity index (χ4v) is 1.34. The lowest BCUT2D eigenvalue weighted by atomic mass is 10.1. The summed E-state index contributed by atoms with van der Waals surface area (Å²) in [6.45, 7) is 8.78. The van der Waals surface area contributed by atoms with Crippen LogP contribution in [0.25, 0.3) is 10.5 Å². The Kier molecular flexibility index (Phi) is 3.07. The zero-order valence-corrected chi connectivity index (χ0v) is 8.30. The van der Waals surface area contributed by atoms with Crippen molar-refractivity contribution in [2.24, 2.45) is 0 Å². The highest BCUT2D eigenvalue weighted by Gasteiger charge is 1.98. The van der Waals surface area contributed by atoms with Crippen molar-refractivity contribution in [1.82, 2.24) is 0 Å². The van der Waals surface area contributed by atoms with E-state index in [0.717, 1.165) is 10.0 Å². The smallest absolute Gasteiger partial charge is 0.190 e. The molecule has 0 atom stereocenters. The third-order valence-corrected chi connectivity index (χ3v) is 2.01. The van der Waals surface area contributed by atoms with Gasteiger partial charge in [-0.3, -0.25) is 0 Å². The second kappa shape index (κ2) is 4.08. The van der Waals surface area contributed by atoms with Crippen LogP contribution in [0.4, 0.5) is 0 Å². The summed E-state index contributed by atoms with van der Waals surface area (Å²) in [6.07, 6.45) is 1.81. The number of nitrogens with zero attached hydrogens (tertiary/aromatic N) is 1. The largest absolute Gasteiger partial charge is 0.238 e. The van der Waals surface area contributed by atoms with Crippen LogP contribution >= 0.6 is 15.9 Å². The van der Waals surface area contributed by atoms with Gasteiger partial charge in [-0.15, -0.1) is 0 Å². The summed E-state index contributed by atoms with van der Waals surface area (Å²) in [6, 6.07) is 7.74. The molecule has 12 heavy (non-hydrogen) atoms. The van der Waals surface area contributed by atoms with E-state index < -0.39 is 0 Å². The summed E-state index contributed by atoms with van der Waals surface area (Å²) in [5, 5.41) is 0. The van der Waals surface area contributed by atoms with E-state index in [1.54, 1.807) is 0 Å². The molecule has 1 nitrogen and oxygen atoms in total. The lowest BCUT2D eigenvalue weighted by Gasteiger charge is -1.97. The highest BCUT2D eigenvalue weighted by Crippen LogP contribution is 2.19. The van der Waals surface area contributed by atoms with E-state index in [-0.39, 0.29) is 0 Å². The predicted molar refractivity (Wildman–Crippen MR) is 54.4 cm³/mol. The van der Waals surface area contributed by atoms with Crippen LogP contribution in [0.15, 0.2) is 34.8 Å². The van der Waals surface area contributed by atoms with E-state index in [1.807, 2.05) is 37.3 Å². The van der Waals surface area contributed by atoms with Gasteiger partial charge in [0.15, 0.2) is 5.70 Å². The van der Waals surface area contributed by atoms with E-state index in [1.165, 1.54) is 0 Å². The Bertz CT molecular complexity index is 347. The Morgan fingerprint density at radius 1 is 1.58 bits per heavy atom. The molecular weight excluding hydrogens is 214 g/mol. The Labute approximate surface area is 80.7 Å². The van der Waals surface area contributed by atoms with Crippen molar-refractivity contribution >= 4 is 21.6 Å². The Hall–Kier alpha value is -1.07. The van der Waals surface area contributed by atoms with Crippen LogP contribution in [-0.2, 0) is 0 Å². The van der Waals surface area contributed by atoms with E-state index in [0.29, 0.717) is 5.70 Å². The van der Waals surface area contributed by atoms with Gasteiger partial charge >= 0.3 is 0 Å². The van der Waals surface area contributed by atoms with Gasteiger partial charge in [-0.05, 0) is 11.6 Å². The molecule has 0 spiro atoms. The third-order valence-electron chi connectivity index (χ3n) is 1.51. The van der Waals surface area contributed by atoms with Crippen LogP contribution in [0, 0.1) is 6.57 Å². The number of benzene rings is 1. The van der Waals surface area contributed by atoms with Crippen molar-refractivity contribution < 1.29 is 0 Å². The molecule has 2 heteroatoms. The van der Waals surface area contributed by atoms with E-state index >= 15 is 0 Å². The molecule has 0 unspecified atom stereocenters. The molecule has 0 aliphatic carbocycles. The fourth-order valence-electron chi connectivity index (χ4n) is 0.944. The first-order valence-electron chi connectivity index (χ1n) is 3.57. The Morgan fingerprint density at radius 2 is 2.33 bits per heavy atom. The van der Waals surface area contributed by atoms with Crippen molar-refractivity contribution in [2.45, 2.75) is 6.92 Å². The number of halogens is 1. The molecule has 0 aromatic heterocycles. The summed E-state index contributed by atoms with van der Waals surface area (Å²) >= 11 is 3.36. The molecule has 0 aliphatic rings. The molecule has 0 radical (unpaired) electrons. The van der Waals surface area contributed by atoms with Gasteiger partial charge in [0.25, 0.3) is 0 Å². The highest BCUT2D eigenvalue weighted by molar-refractivity contribution is 9.10. The molecule has 0 aliphatic heterocycles. The number of allylic oxidation sites excluding steroid dienone is 1. The van der Waals surface area contributed by atoms with Gasteiger partial charge in [-0.1, -0.05) is 47.1 Å². The van der Waals surface area contributed by atoms with Crippen molar-refractivity contribution in [2.75, 3.05) is 0 Å². The SMILES string of the molecule is [C-]#[N+]/C(=C/C)c1cccc(Br)c1. The van der Waals surface area contributed by atoms with Gasteiger partial charge in [-0.25, -0.2) is 4.85 Å². The number of hydrogen-bond acceptors (Lipinski definition) is 0. The molecule has 0 N–H and O–H groups in total. The molecule has 1 aromatic carbocycles. The van der Waals surface area contributed by atoms with Crippen molar-refractivity contribution in [3.63, 3.8) is 0 Å². The molecule has 0 heterocycles. The first kappa shape index (κ1) is 9.02. The van der Waals surface area contributed by atoms with Gasteiger partial charge < -0.3 is 0 Å². The second-order valence-electron chi connectivity index (χ2n) is 2.30. The van der Waals surface area contributed by atoms with Gasteiger partial charge in [0.2, 0.25) is 0 Å².